The Balaban J connectivity index is 2.19. The van der Waals surface area contributed by atoms with E-state index in [9.17, 15) is 18.0 Å². The van der Waals surface area contributed by atoms with Crippen molar-refractivity contribution >= 4 is 21.9 Å². The molecule has 1 N–H and O–H groups in total. The van der Waals surface area contributed by atoms with Gasteiger partial charge in [-0.15, -0.1) is 0 Å². The Morgan fingerprint density at radius 2 is 1.80 bits per heavy atom. The average molecular weight is 368 g/mol. The molecule has 1 amide bonds. The summed E-state index contributed by atoms with van der Waals surface area (Å²) in [5, 5.41) is 8.71. The van der Waals surface area contributed by atoms with Crippen LogP contribution < -0.4 is 0 Å². The summed E-state index contributed by atoms with van der Waals surface area (Å²) in [5.74, 6) is -1.38. The number of amides is 1. The third-order valence-electron chi connectivity index (χ3n) is 4.29. The fourth-order valence-corrected chi connectivity index (χ4v) is 4.37. The van der Waals surface area contributed by atoms with Gasteiger partial charge in [0.05, 0.1) is 11.3 Å². The van der Waals surface area contributed by atoms with Gasteiger partial charge in [0.25, 0.3) is 5.91 Å². The molecule has 1 saturated heterocycles. The highest BCUT2D eigenvalue weighted by Crippen LogP contribution is 2.21. The summed E-state index contributed by atoms with van der Waals surface area (Å²) >= 11 is 0. The van der Waals surface area contributed by atoms with Crippen LogP contribution in [-0.4, -0.2) is 61.3 Å². The third-order valence-corrected chi connectivity index (χ3v) is 6.19. The van der Waals surface area contributed by atoms with Gasteiger partial charge in [0.1, 0.15) is 0 Å². The van der Waals surface area contributed by atoms with Gasteiger partial charge in [-0.2, -0.15) is 4.31 Å². The minimum absolute atomic E-state index is 0.0667. The van der Waals surface area contributed by atoms with Gasteiger partial charge in [0, 0.05) is 32.2 Å². The molecule has 0 saturated carbocycles. The van der Waals surface area contributed by atoms with Gasteiger partial charge >= 0.3 is 5.97 Å². The van der Waals surface area contributed by atoms with E-state index in [0.29, 0.717) is 13.1 Å². The highest BCUT2D eigenvalue weighted by atomic mass is 32.2. The molecule has 0 unspecified atom stereocenters. The summed E-state index contributed by atoms with van der Waals surface area (Å²) in [6, 6.07) is 5.96. The van der Waals surface area contributed by atoms with Gasteiger partial charge in [-0.3, -0.25) is 9.59 Å². The zero-order valence-corrected chi connectivity index (χ0v) is 15.2. The van der Waals surface area contributed by atoms with E-state index >= 15 is 0 Å². The number of carboxylic acid groups (broad SMARTS) is 1. The van der Waals surface area contributed by atoms with Crippen LogP contribution in [0.15, 0.2) is 29.2 Å². The number of nitrogens with zero attached hydrogens (tertiary/aromatic N) is 2. The van der Waals surface area contributed by atoms with Crippen molar-refractivity contribution in [2.24, 2.45) is 0 Å². The van der Waals surface area contributed by atoms with E-state index in [1.54, 1.807) is 12.1 Å². The molecule has 1 aliphatic rings. The fourth-order valence-electron chi connectivity index (χ4n) is 2.81. The first-order chi connectivity index (χ1) is 11.8. The maximum Gasteiger partial charge on any atom is 0.305 e. The zero-order chi connectivity index (χ0) is 18.4. The largest absolute Gasteiger partial charge is 0.481 e. The van der Waals surface area contributed by atoms with Crippen molar-refractivity contribution in [1.82, 2.24) is 9.21 Å². The number of carboxylic acids is 1. The second-order valence-electron chi connectivity index (χ2n) is 6.22. The Hall–Kier alpha value is -1.93. The number of carbonyl (C=O) groups is 2. The molecule has 1 heterocycles. The van der Waals surface area contributed by atoms with Gasteiger partial charge in [-0.25, -0.2) is 8.42 Å². The van der Waals surface area contributed by atoms with Gasteiger partial charge in [0.2, 0.25) is 10.0 Å². The maximum atomic E-state index is 12.8. The van der Waals surface area contributed by atoms with Crippen LogP contribution in [0.3, 0.4) is 0 Å². The van der Waals surface area contributed by atoms with E-state index in [4.69, 9.17) is 5.11 Å². The molecule has 138 valence electrons. The number of hydrogen-bond acceptors (Lipinski definition) is 4. The van der Waals surface area contributed by atoms with E-state index in [0.717, 1.165) is 25.7 Å². The van der Waals surface area contributed by atoms with E-state index in [-0.39, 0.29) is 23.4 Å². The highest BCUT2D eigenvalue weighted by Gasteiger charge is 2.26. The smallest absolute Gasteiger partial charge is 0.305 e. The average Bonchev–Trinajstić information content (AvgIpc) is 2.89. The first-order valence-corrected chi connectivity index (χ1v) is 9.84. The minimum Gasteiger partial charge on any atom is -0.481 e. The molecule has 0 atom stereocenters. The van der Waals surface area contributed by atoms with E-state index < -0.39 is 21.9 Å². The first-order valence-electron chi connectivity index (χ1n) is 8.40. The third kappa shape index (κ3) is 5.02. The molecule has 2 rings (SSSR count). The number of sulfonamides is 1. The summed E-state index contributed by atoms with van der Waals surface area (Å²) in [5.41, 5.74) is 0.240. The molecule has 25 heavy (non-hydrogen) atoms. The second kappa shape index (κ2) is 8.44. The number of aliphatic carboxylic acids is 1. The molecule has 1 aromatic carbocycles. The lowest BCUT2D eigenvalue weighted by Gasteiger charge is -2.21. The quantitative estimate of drug-likeness (QED) is 0.826. The van der Waals surface area contributed by atoms with Crippen molar-refractivity contribution in [1.29, 1.82) is 0 Å². The molecular weight excluding hydrogens is 344 g/mol. The SMILES string of the molecule is CN(CCC(=O)O)C(=O)c1cccc(S(=O)(=O)N2CCCCCC2)c1. The molecule has 0 radical (unpaired) electrons. The van der Waals surface area contributed by atoms with Crippen LogP contribution in [0, 0.1) is 0 Å². The first kappa shape index (κ1) is 19.4. The molecule has 0 aliphatic carbocycles. The zero-order valence-electron chi connectivity index (χ0n) is 14.3. The second-order valence-corrected chi connectivity index (χ2v) is 8.15. The van der Waals surface area contributed by atoms with Crippen molar-refractivity contribution in [3.8, 4) is 0 Å². The summed E-state index contributed by atoms with van der Waals surface area (Å²) in [4.78, 5) is 24.4. The van der Waals surface area contributed by atoms with Crippen LogP contribution in [0.25, 0.3) is 0 Å². The van der Waals surface area contributed by atoms with Gasteiger partial charge in [-0.05, 0) is 31.0 Å². The predicted molar refractivity (Wildman–Crippen MR) is 92.9 cm³/mol. The lowest BCUT2D eigenvalue weighted by Crippen LogP contribution is -2.32. The van der Waals surface area contributed by atoms with Crippen LogP contribution in [0.2, 0.25) is 0 Å². The van der Waals surface area contributed by atoms with Crippen molar-refractivity contribution in [3.05, 3.63) is 29.8 Å². The summed E-state index contributed by atoms with van der Waals surface area (Å²) < 4.78 is 27.1. The van der Waals surface area contributed by atoms with Crippen LogP contribution in [0.4, 0.5) is 0 Å². The Morgan fingerprint density at radius 1 is 1.16 bits per heavy atom. The minimum atomic E-state index is -3.62. The van der Waals surface area contributed by atoms with E-state index in [2.05, 4.69) is 0 Å². The van der Waals surface area contributed by atoms with Crippen molar-refractivity contribution in [2.75, 3.05) is 26.7 Å². The van der Waals surface area contributed by atoms with Crippen molar-refractivity contribution < 1.29 is 23.1 Å². The normalized spacial score (nSPS) is 16.2. The Kier molecular flexibility index (Phi) is 6.55. The predicted octanol–water partition coefficient (Wildman–Crippen LogP) is 1.80. The van der Waals surface area contributed by atoms with Crippen LogP contribution in [-0.2, 0) is 14.8 Å². The molecule has 1 fully saturated rings. The van der Waals surface area contributed by atoms with Gasteiger partial charge in [-0.1, -0.05) is 18.9 Å². The monoisotopic (exact) mass is 368 g/mol. The van der Waals surface area contributed by atoms with Crippen molar-refractivity contribution in [2.45, 2.75) is 37.0 Å². The van der Waals surface area contributed by atoms with Crippen LogP contribution in [0.1, 0.15) is 42.5 Å². The molecule has 1 aromatic rings. The van der Waals surface area contributed by atoms with Crippen molar-refractivity contribution in [3.63, 3.8) is 0 Å². The van der Waals surface area contributed by atoms with Gasteiger partial charge < -0.3 is 10.0 Å². The number of hydrogen-bond donors (Lipinski definition) is 1. The van der Waals surface area contributed by atoms with Crippen LogP contribution >= 0.6 is 0 Å². The molecular formula is C17H24N2O5S. The maximum absolute atomic E-state index is 12.8. The molecule has 7 nitrogen and oxygen atoms in total. The molecule has 1 aliphatic heterocycles. The molecule has 0 aromatic heterocycles. The Bertz CT molecular complexity index is 724. The van der Waals surface area contributed by atoms with Gasteiger partial charge in [0.15, 0.2) is 0 Å². The van der Waals surface area contributed by atoms with Crippen LogP contribution in [0.5, 0.6) is 0 Å². The summed E-state index contributed by atoms with van der Waals surface area (Å²) in [7, 11) is -2.12. The molecule has 0 bridgehead atoms. The van der Waals surface area contributed by atoms with E-state index in [1.807, 2.05) is 0 Å². The fraction of sp³-hybridized carbons (Fsp3) is 0.529. The summed E-state index contributed by atoms with van der Waals surface area (Å²) in [6.45, 7) is 1.06. The summed E-state index contributed by atoms with van der Waals surface area (Å²) in [6.07, 6.45) is 3.58. The number of benzene rings is 1. The Labute approximate surface area is 148 Å². The number of rotatable bonds is 6. The van der Waals surface area contributed by atoms with E-state index in [1.165, 1.54) is 28.4 Å². The number of carbonyl (C=O) groups excluding carboxylic acids is 1. The standard InChI is InChI=1S/C17H24N2O5S/c1-18(12-9-16(20)21)17(22)14-7-6-8-15(13-14)25(23,24)19-10-4-2-3-5-11-19/h6-8,13H,2-5,9-12H2,1H3,(H,20,21). The lowest BCUT2D eigenvalue weighted by atomic mass is 10.2. The molecule has 0 spiro atoms. The lowest BCUT2D eigenvalue weighted by molar-refractivity contribution is -0.137. The topological polar surface area (TPSA) is 95.0 Å². The Morgan fingerprint density at radius 3 is 2.40 bits per heavy atom. The highest BCUT2D eigenvalue weighted by molar-refractivity contribution is 7.89. The molecule has 8 heteroatoms.